The maximum absolute atomic E-state index is 11.0. The molecule has 0 bridgehead atoms. The van der Waals surface area contributed by atoms with E-state index in [0.717, 1.165) is 16.8 Å². The topological polar surface area (TPSA) is 60.8 Å². The Morgan fingerprint density at radius 3 is 2.94 bits per heavy atom. The van der Waals surface area contributed by atoms with Crippen molar-refractivity contribution >= 4 is 17.4 Å². The van der Waals surface area contributed by atoms with E-state index < -0.39 is 5.97 Å². The lowest BCUT2D eigenvalue weighted by Crippen LogP contribution is -2.28. The fourth-order valence-electron chi connectivity index (χ4n) is 2.35. The van der Waals surface area contributed by atoms with Crippen LogP contribution in [0.1, 0.15) is 11.1 Å². The highest BCUT2D eigenvalue weighted by molar-refractivity contribution is 5.91. The number of aliphatic hydroxyl groups excluding tert-OH is 1. The third kappa shape index (κ3) is 1.41. The number of hydrogen-bond acceptors (Lipinski definition) is 3. The molecule has 0 aliphatic carbocycles. The van der Waals surface area contributed by atoms with Crippen LogP contribution in [0.3, 0.4) is 0 Å². The first-order valence-electron chi connectivity index (χ1n) is 5.39. The zero-order valence-electron chi connectivity index (χ0n) is 9.05. The molecule has 0 spiro atoms. The summed E-state index contributed by atoms with van der Waals surface area (Å²) in [6, 6.07) is 5.59. The number of rotatable bonds is 1. The summed E-state index contributed by atoms with van der Waals surface area (Å²) in [5.74, 6) is -0.620. The number of hydrogen-bond donors (Lipinski definition) is 2. The summed E-state index contributed by atoms with van der Waals surface area (Å²) in [5.41, 5.74) is 3.03. The van der Waals surface area contributed by atoms with Crippen molar-refractivity contribution in [2.75, 3.05) is 11.4 Å². The molecule has 3 rings (SSSR count). The van der Waals surface area contributed by atoms with Gasteiger partial charge in [0.15, 0.2) is 0 Å². The lowest BCUT2D eigenvalue weighted by Gasteiger charge is -2.32. The Balaban J connectivity index is 2.18. The minimum atomic E-state index is -0.889. The molecule has 0 fully saturated rings. The summed E-state index contributed by atoms with van der Waals surface area (Å²) in [6.45, 7) is 0.507. The maximum atomic E-state index is 11.0. The van der Waals surface area contributed by atoms with E-state index in [1.54, 1.807) is 12.3 Å². The summed E-state index contributed by atoms with van der Waals surface area (Å²) < 4.78 is 0. The van der Waals surface area contributed by atoms with Crippen molar-refractivity contribution in [1.82, 2.24) is 0 Å². The normalized spacial score (nSPS) is 17.1. The first kappa shape index (κ1) is 9.96. The van der Waals surface area contributed by atoms with Gasteiger partial charge in [-0.15, -0.1) is 0 Å². The predicted octanol–water partition coefficient (Wildman–Crippen LogP) is 1.93. The second kappa shape index (κ2) is 3.38. The van der Waals surface area contributed by atoms with Gasteiger partial charge in [0, 0.05) is 24.7 Å². The monoisotopic (exact) mass is 229 g/mol. The van der Waals surface area contributed by atoms with Gasteiger partial charge in [-0.2, -0.15) is 0 Å². The molecule has 1 aromatic carbocycles. The van der Waals surface area contributed by atoms with Gasteiger partial charge in [0.1, 0.15) is 5.76 Å². The molecule has 17 heavy (non-hydrogen) atoms. The number of aliphatic carboxylic acids is 1. The van der Waals surface area contributed by atoms with Gasteiger partial charge in [0.25, 0.3) is 0 Å². The first-order valence-corrected chi connectivity index (χ1v) is 5.39. The van der Waals surface area contributed by atoms with Gasteiger partial charge in [-0.3, -0.25) is 0 Å². The van der Waals surface area contributed by atoms with E-state index in [1.165, 1.54) is 0 Å². The molecule has 0 amide bonds. The van der Waals surface area contributed by atoms with Crippen LogP contribution in [0.5, 0.6) is 0 Å². The van der Waals surface area contributed by atoms with Gasteiger partial charge in [-0.05, 0) is 17.7 Å². The number of carboxylic acid groups (broad SMARTS) is 1. The summed E-state index contributed by atoms with van der Waals surface area (Å²) in [4.78, 5) is 12.9. The fourth-order valence-corrected chi connectivity index (χ4v) is 2.35. The van der Waals surface area contributed by atoms with E-state index in [4.69, 9.17) is 5.11 Å². The van der Waals surface area contributed by atoms with E-state index >= 15 is 0 Å². The molecule has 0 aromatic heterocycles. The molecule has 0 saturated carbocycles. The van der Waals surface area contributed by atoms with E-state index in [1.807, 2.05) is 23.1 Å². The predicted molar refractivity (Wildman–Crippen MR) is 63.8 cm³/mol. The van der Waals surface area contributed by atoms with Gasteiger partial charge < -0.3 is 15.1 Å². The van der Waals surface area contributed by atoms with Crippen LogP contribution in [-0.2, 0) is 11.2 Å². The maximum Gasteiger partial charge on any atom is 0.333 e. The number of nitrogens with zero attached hydrogens (tertiary/aromatic N) is 1. The second-order valence-corrected chi connectivity index (χ2v) is 4.19. The summed E-state index contributed by atoms with van der Waals surface area (Å²) >= 11 is 0. The minimum Gasteiger partial charge on any atom is -0.508 e. The van der Waals surface area contributed by atoms with Crippen molar-refractivity contribution in [2.24, 2.45) is 0 Å². The molecular formula is C13H11NO3. The lowest BCUT2D eigenvalue weighted by molar-refractivity contribution is -0.132. The van der Waals surface area contributed by atoms with Crippen molar-refractivity contribution < 1.29 is 15.0 Å². The third-order valence-electron chi connectivity index (χ3n) is 3.13. The number of carbonyl (C=O) groups is 1. The Morgan fingerprint density at radius 2 is 2.18 bits per heavy atom. The summed E-state index contributed by atoms with van der Waals surface area (Å²) in [5, 5.41) is 18.9. The minimum absolute atomic E-state index is 0.269. The van der Waals surface area contributed by atoms with Crippen LogP contribution in [0.4, 0.5) is 5.69 Å². The molecule has 86 valence electrons. The lowest BCUT2D eigenvalue weighted by atomic mass is 9.93. The molecule has 4 heteroatoms. The third-order valence-corrected chi connectivity index (χ3v) is 3.13. The molecule has 2 N–H and O–H groups in total. The zero-order valence-corrected chi connectivity index (χ0v) is 9.05. The first-order chi connectivity index (χ1) is 8.16. The Morgan fingerprint density at radius 1 is 1.35 bits per heavy atom. The second-order valence-electron chi connectivity index (χ2n) is 4.19. The van der Waals surface area contributed by atoms with Gasteiger partial charge in [-0.25, -0.2) is 4.79 Å². The summed E-state index contributed by atoms with van der Waals surface area (Å²) in [7, 11) is 0. The highest BCUT2D eigenvalue weighted by Gasteiger charge is 2.26. The molecule has 2 heterocycles. The highest BCUT2D eigenvalue weighted by Crippen LogP contribution is 2.37. The van der Waals surface area contributed by atoms with Crippen molar-refractivity contribution in [3.8, 4) is 0 Å². The van der Waals surface area contributed by atoms with E-state index in [0.29, 0.717) is 18.5 Å². The molecule has 0 unspecified atom stereocenters. The van der Waals surface area contributed by atoms with Gasteiger partial charge in [0.2, 0.25) is 0 Å². The SMILES string of the molecule is O=C(O)C1=CN2CC=C(O)c3cccc(c32)C1. The van der Waals surface area contributed by atoms with Crippen LogP contribution in [-0.4, -0.2) is 22.7 Å². The number of para-hydroxylation sites is 1. The van der Waals surface area contributed by atoms with Crippen LogP contribution < -0.4 is 4.90 Å². The van der Waals surface area contributed by atoms with Crippen LogP contribution in [0.25, 0.3) is 5.76 Å². The molecule has 0 atom stereocenters. The number of carboxylic acids is 1. The average molecular weight is 229 g/mol. The fraction of sp³-hybridized carbons (Fsp3) is 0.154. The molecule has 1 aromatic rings. The van der Waals surface area contributed by atoms with Crippen LogP contribution in [0, 0.1) is 0 Å². The van der Waals surface area contributed by atoms with Crippen LogP contribution in [0.2, 0.25) is 0 Å². The molecule has 4 nitrogen and oxygen atoms in total. The van der Waals surface area contributed by atoms with Crippen molar-refractivity contribution in [3.63, 3.8) is 0 Å². The molecule has 0 radical (unpaired) electrons. The Labute approximate surface area is 98.1 Å². The number of aliphatic hydroxyl groups is 1. The van der Waals surface area contributed by atoms with Gasteiger partial charge in [-0.1, -0.05) is 12.1 Å². The van der Waals surface area contributed by atoms with Crippen molar-refractivity contribution in [1.29, 1.82) is 0 Å². The largest absolute Gasteiger partial charge is 0.508 e. The Kier molecular flexibility index (Phi) is 1.98. The van der Waals surface area contributed by atoms with Crippen molar-refractivity contribution in [2.45, 2.75) is 6.42 Å². The van der Waals surface area contributed by atoms with Crippen LogP contribution in [0.15, 0.2) is 36.0 Å². The standard InChI is InChI=1S/C13H11NO3/c15-11-4-5-14-7-9(13(16)17)6-8-2-1-3-10(11)12(8)14/h1-4,7,15H,5-6H2,(H,16,17). The average Bonchev–Trinajstić information content (AvgIpc) is 2.33. The number of anilines is 1. The zero-order chi connectivity index (χ0) is 12.0. The van der Waals surface area contributed by atoms with Gasteiger partial charge >= 0.3 is 5.97 Å². The van der Waals surface area contributed by atoms with E-state index in [-0.39, 0.29) is 5.76 Å². The molecule has 2 aliphatic heterocycles. The van der Waals surface area contributed by atoms with E-state index in [9.17, 15) is 9.90 Å². The van der Waals surface area contributed by atoms with Crippen molar-refractivity contribution in [3.05, 3.63) is 47.2 Å². The Hall–Kier alpha value is -2.23. The quantitative estimate of drug-likeness (QED) is 0.772. The smallest absolute Gasteiger partial charge is 0.333 e. The highest BCUT2D eigenvalue weighted by atomic mass is 16.4. The summed E-state index contributed by atoms with van der Waals surface area (Å²) in [6.07, 6.45) is 3.74. The molecule has 0 saturated heterocycles. The van der Waals surface area contributed by atoms with Crippen LogP contribution >= 0.6 is 0 Å². The molecule has 2 aliphatic rings. The number of benzene rings is 1. The van der Waals surface area contributed by atoms with Gasteiger partial charge in [0.05, 0.1) is 11.3 Å². The Bertz CT molecular complexity index is 572. The molecular weight excluding hydrogens is 218 g/mol. The van der Waals surface area contributed by atoms with E-state index in [2.05, 4.69) is 0 Å².